The highest BCUT2D eigenvalue weighted by molar-refractivity contribution is 5.77. The molecule has 0 radical (unpaired) electrons. The fraction of sp³-hybridized carbons (Fsp3) is 0.0909. The first-order valence-corrected chi connectivity index (χ1v) is 9.43. The lowest BCUT2D eigenvalue weighted by Gasteiger charge is -2.11. The average molecular weight is 453 g/mol. The summed E-state index contributed by atoms with van der Waals surface area (Å²) < 4.78 is 42.3. The van der Waals surface area contributed by atoms with Gasteiger partial charge in [-0.2, -0.15) is 28.1 Å². The summed E-state index contributed by atoms with van der Waals surface area (Å²) in [6, 6.07) is 13.8. The molecule has 0 spiro atoms. The average Bonchev–Trinajstić information content (AvgIpc) is 3.35. The maximum absolute atomic E-state index is 13.2. The Morgan fingerprint density at radius 1 is 1.09 bits per heavy atom. The number of benzene rings is 2. The summed E-state index contributed by atoms with van der Waals surface area (Å²) in [4.78, 5) is 25.0. The first-order valence-electron chi connectivity index (χ1n) is 9.43. The van der Waals surface area contributed by atoms with Crippen LogP contribution in [0.3, 0.4) is 0 Å². The first-order chi connectivity index (χ1) is 15.6. The summed E-state index contributed by atoms with van der Waals surface area (Å²) in [5, 5.41) is 22.9. The number of alkyl halides is 3. The van der Waals surface area contributed by atoms with Gasteiger partial charge < -0.3 is 5.11 Å². The second kappa shape index (κ2) is 7.83. The summed E-state index contributed by atoms with van der Waals surface area (Å²) in [6.07, 6.45) is -4.85. The molecule has 11 heteroatoms. The molecule has 0 atom stereocenters. The Morgan fingerprint density at radius 3 is 2.39 bits per heavy atom. The lowest BCUT2D eigenvalue weighted by atomic mass is 10.2. The molecule has 8 nitrogen and oxygen atoms in total. The van der Waals surface area contributed by atoms with Crippen LogP contribution in [0.15, 0.2) is 65.6 Å². The van der Waals surface area contributed by atoms with E-state index in [9.17, 15) is 27.9 Å². The highest BCUT2D eigenvalue weighted by Crippen LogP contribution is 2.32. The molecule has 2 aromatic carbocycles. The summed E-state index contributed by atoms with van der Waals surface area (Å²) in [6.45, 7) is 1.44. The van der Waals surface area contributed by atoms with Gasteiger partial charge in [0, 0.05) is 0 Å². The van der Waals surface area contributed by atoms with Gasteiger partial charge in [0.05, 0.1) is 46.2 Å². The predicted octanol–water partition coefficient (Wildman–Crippen LogP) is 4.22. The van der Waals surface area contributed by atoms with Gasteiger partial charge in [-0.05, 0) is 55.5 Å². The molecule has 4 rings (SSSR count). The van der Waals surface area contributed by atoms with Crippen molar-refractivity contribution >= 4 is 6.09 Å². The van der Waals surface area contributed by atoms with Crippen molar-refractivity contribution in [2.24, 2.45) is 0 Å². The molecule has 4 aromatic rings. The minimum absolute atomic E-state index is 0.0493. The van der Waals surface area contributed by atoms with Crippen molar-refractivity contribution in [2.75, 3.05) is 0 Å². The van der Waals surface area contributed by atoms with Gasteiger partial charge in [-0.25, -0.2) is 14.3 Å². The van der Waals surface area contributed by atoms with Gasteiger partial charge in [0.25, 0.3) is 0 Å². The largest absolute Gasteiger partial charge is 0.464 e. The summed E-state index contributed by atoms with van der Waals surface area (Å²) >= 11 is 0. The smallest absolute Gasteiger partial charge is 0.420 e. The number of aromatic nitrogens is 4. The van der Waals surface area contributed by atoms with Crippen LogP contribution in [-0.4, -0.2) is 30.1 Å². The summed E-state index contributed by atoms with van der Waals surface area (Å²) in [5.41, 5.74) is -0.962. The topological polar surface area (TPSA) is 106 Å². The fourth-order valence-electron chi connectivity index (χ4n) is 3.58. The van der Waals surface area contributed by atoms with Crippen LogP contribution in [0.2, 0.25) is 0 Å². The van der Waals surface area contributed by atoms with Crippen LogP contribution in [0.1, 0.15) is 16.8 Å². The third-order valence-electron chi connectivity index (χ3n) is 5.03. The molecule has 2 heterocycles. The molecule has 0 bridgehead atoms. The van der Waals surface area contributed by atoms with Gasteiger partial charge in [-0.15, -0.1) is 0 Å². The minimum Gasteiger partial charge on any atom is -0.464 e. The number of rotatable bonds is 3. The Morgan fingerprint density at radius 2 is 1.79 bits per heavy atom. The van der Waals surface area contributed by atoms with Gasteiger partial charge in [-0.1, -0.05) is 6.07 Å². The number of carbonyl (C=O) groups is 1. The highest BCUT2D eigenvalue weighted by atomic mass is 19.4. The Hall–Kier alpha value is -4.59. The third kappa shape index (κ3) is 3.67. The van der Waals surface area contributed by atoms with Crippen LogP contribution < -0.4 is 5.69 Å². The number of hydrogen-bond donors (Lipinski definition) is 1. The van der Waals surface area contributed by atoms with Crippen molar-refractivity contribution in [3.63, 3.8) is 0 Å². The van der Waals surface area contributed by atoms with Crippen molar-refractivity contribution in [3.8, 4) is 28.8 Å². The lowest BCUT2D eigenvalue weighted by molar-refractivity contribution is -0.137. The van der Waals surface area contributed by atoms with E-state index in [0.717, 1.165) is 22.8 Å². The third-order valence-corrected chi connectivity index (χ3v) is 5.03. The molecule has 0 aliphatic heterocycles. The molecule has 0 saturated heterocycles. The standard InChI is InChI=1S/C22H14F3N5O3/c1-13-19(18-9-10-27-30(18)16-7-5-14(12-26)6-8-16)29(21(32)33)20(31)28(13)17-4-2-3-15(11-17)22(23,24)25/h2-11H,1H3,(H,32,33). The fourth-order valence-corrected chi connectivity index (χ4v) is 3.58. The lowest BCUT2D eigenvalue weighted by Crippen LogP contribution is -2.28. The molecule has 2 aromatic heterocycles. The normalized spacial score (nSPS) is 11.4. The van der Waals surface area contributed by atoms with Crippen LogP contribution in [0.5, 0.6) is 0 Å². The monoisotopic (exact) mass is 453 g/mol. The zero-order valence-electron chi connectivity index (χ0n) is 16.9. The number of nitriles is 1. The van der Waals surface area contributed by atoms with Gasteiger partial charge in [-0.3, -0.25) is 4.57 Å². The minimum atomic E-state index is -4.64. The van der Waals surface area contributed by atoms with Gasteiger partial charge >= 0.3 is 18.0 Å². The maximum atomic E-state index is 13.2. The Bertz CT molecular complexity index is 1470. The van der Waals surface area contributed by atoms with Crippen LogP contribution in [-0.2, 0) is 6.18 Å². The van der Waals surface area contributed by atoms with Crippen LogP contribution in [0.4, 0.5) is 18.0 Å². The Balaban J connectivity index is 1.96. The number of hydrogen-bond acceptors (Lipinski definition) is 4. The van der Waals surface area contributed by atoms with Crippen molar-refractivity contribution in [2.45, 2.75) is 13.1 Å². The molecular formula is C22H14F3N5O3. The number of imidazole rings is 1. The molecule has 0 aliphatic carbocycles. The van der Waals surface area contributed by atoms with E-state index in [0.29, 0.717) is 15.8 Å². The summed E-state index contributed by atoms with van der Waals surface area (Å²) in [7, 11) is 0. The Kier molecular flexibility index (Phi) is 5.13. The molecule has 1 N–H and O–H groups in total. The van der Waals surface area contributed by atoms with E-state index >= 15 is 0 Å². The number of nitrogens with zero attached hydrogens (tertiary/aromatic N) is 5. The maximum Gasteiger partial charge on any atom is 0.420 e. The van der Waals surface area contributed by atoms with Crippen molar-refractivity contribution in [1.29, 1.82) is 5.26 Å². The second-order valence-corrected chi connectivity index (χ2v) is 7.01. The zero-order valence-corrected chi connectivity index (χ0v) is 16.9. The van der Waals surface area contributed by atoms with Crippen LogP contribution in [0, 0.1) is 18.3 Å². The van der Waals surface area contributed by atoms with E-state index in [4.69, 9.17) is 5.26 Å². The first kappa shape index (κ1) is 21.6. The van der Waals surface area contributed by atoms with Crippen molar-refractivity contribution < 1.29 is 23.1 Å². The van der Waals surface area contributed by atoms with Crippen LogP contribution in [0.25, 0.3) is 22.8 Å². The van der Waals surface area contributed by atoms with Gasteiger partial charge in [0.1, 0.15) is 5.69 Å². The zero-order chi connectivity index (χ0) is 23.9. The van der Waals surface area contributed by atoms with E-state index in [2.05, 4.69) is 5.10 Å². The SMILES string of the molecule is Cc1c(-c2ccnn2-c2ccc(C#N)cc2)n(C(=O)O)c(=O)n1-c1cccc(C(F)(F)F)c1. The van der Waals surface area contributed by atoms with E-state index in [1.165, 1.54) is 29.9 Å². The van der Waals surface area contributed by atoms with Gasteiger partial charge in [0.2, 0.25) is 0 Å². The van der Waals surface area contributed by atoms with E-state index in [-0.39, 0.29) is 22.8 Å². The van der Waals surface area contributed by atoms with E-state index in [1.54, 1.807) is 24.3 Å². The molecule has 0 unspecified atom stereocenters. The van der Waals surface area contributed by atoms with Crippen LogP contribution >= 0.6 is 0 Å². The summed E-state index contributed by atoms with van der Waals surface area (Å²) in [5.74, 6) is 0. The second-order valence-electron chi connectivity index (χ2n) is 7.01. The Labute approximate surface area is 184 Å². The molecular weight excluding hydrogens is 439 g/mol. The van der Waals surface area contributed by atoms with Gasteiger partial charge in [0.15, 0.2) is 0 Å². The molecule has 0 fully saturated rings. The molecule has 0 saturated carbocycles. The molecule has 0 aliphatic rings. The van der Waals surface area contributed by atoms with E-state index in [1.807, 2.05) is 6.07 Å². The van der Waals surface area contributed by atoms with Crippen molar-refractivity contribution in [3.05, 3.63) is 88.1 Å². The molecule has 33 heavy (non-hydrogen) atoms. The van der Waals surface area contributed by atoms with Crippen molar-refractivity contribution in [1.82, 2.24) is 18.9 Å². The molecule has 166 valence electrons. The highest BCUT2D eigenvalue weighted by Gasteiger charge is 2.32. The molecule has 0 amide bonds. The van der Waals surface area contributed by atoms with E-state index < -0.39 is 23.5 Å². The number of halogens is 3. The quantitative estimate of drug-likeness (QED) is 0.500. The predicted molar refractivity (Wildman–Crippen MR) is 110 cm³/mol. The number of carboxylic acid groups (broad SMARTS) is 1.